The van der Waals surface area contributed by atoms with Crippen LogP contribution in [0.5, 0.6) is 0 Å². The third-order valence-electron chi connectivity index (χ3n) is 3.48. The van der Waals surface area contributed by atoms with Crippen molar-refractivity contribution in [1.82, 2.24) is 4.98 Å². The number of fused-ring (bicyclic) bond motifs is 1. The number of furan rings is 1. The van der Waals surface area contributed by atoms with Crippen molar-refractivity contribution < 1.29 is 9.15 Å². The molecular weight excluding hydrogens is 440 g/mol. The van der Waals surface area contributed by atoms with Crippen molar-refractivity contribution >= 4 is 75.3 Å². The maximum Gasteiger partial charge on any atom is 0.131 e. The zero-order chi connectivity index (χ0) is 17.1. The van der Waals surface area contributed by atoms with E-state index in [2.05, 4.69) is 10.3 Å². The molecule has 0 saturated heterocycles. The van der Waals surface area contributed by atoms with Crippen molar-refractivity contribution in [2.75, 3.05) is 19.0 Å². The average Bonchev–Trinajstić information content (AvgIpc) is 3.15. The van der Waals surface area contributed by atoms with Crippen LogP contribution in [-0.2, 0) is 17.7 Å². The standard InChI is InChI=1S/C16H17Cl2N3O2S.2ClH/c1-22-8-9(19)5-12-14(18)15-16(24-12)11(6-13(17)21-15)20-7-10-3-2-4-23-10;;/h2-4,6,9H,5,7-8,19H2,1H3,(H,20,21);2*1H/t9-;;/m1../s1. The van der Waals surface area contributed by atoms with Gasteiger partial charge in [0.2, 0.25) is 0 Å². The zero-order valence-corrected chi connectivity index (χ0v) is 17.8. The van der Waals surface area contributed by atoms with Crippen LogP contribution in [0.1, 0.15) is 10.6 Å². The molecule has 0 bridgehead atoms. The highest BCUT2D eigenvalue weighted by atomic mass is 35.5. The molecule has 0 radical (unpaired) electrons. The normalized spacial score (nSPS) is 11.7. The van der Waals surface area contributed by atoms with Gasteiger partial charge in [0.05, 0.1) is 34.8 Å². The first-order valence-electron chi connectivity index (χ1n) is 7.36. The molecule has 10 heteroatoms. The zero-order valence-electron chi connectivity index (χ0n) is 13.8. The van der Waals surface area contributed by atoms with Gasteiger partial charge in [-0.15, -0.1) is 36.2 Å². The Bertz CT molecular complexity index is 827. The summed E-state index contributed by atoms with van der Waals surface area (Å²) >= 11 is 14.2. The van der Waals surface area contributed by atoms with Gasteiger partial charge in [-0.3, -0.25) is 0 Å². The summed E-state index contributed by atoms with van der Waals surface area (Å²) in [5.74, 6) is 0.834. The third-order valence-corrected chi connectivity index (χ3v) is 5.43. The minimum absolute atomic E-state index is 0. The number of nitrogens with two attached hydrogens (primary N) is 1. The minimum atomic E-state index is -0.115. The molecule has 3 heterocycles. The van der Waals surface area contributed by atoms with Gasteiger partial charge < -0.3 is 20.2 Å². The number of methoxy groups -OCH3 is 1. The van der Waals surface area contributed by atoms with Crippen LogP contribution in [0.4, 0.5) is 5.69 Å². The Morgan fingerprint density at radius 1 is 1.38 bits per heavy atom. The summed E-state index contributed by atoms with van der Waals surface area (Å²) in [6.45, 7) is 1.03. The van der Waals surface area contributed by atoms with E-state index in [1.54, 1.807) is 30.8 Å². The van der Waals surface area contributed by atoms with Crippen LogP contribution in [0.15, 0.2) is 28.9 Å². The highest BCUT2D eigenvalue weighted by Crippen LogP contribution is 2.40. The van der Waals surface area contributed by atoms with Crippen molar-refractivity contribution in [3.8, 4) is 0 Å². The van der Waals surface area contributed by atoms with E-state index >= 15 is 0 Å². The Hall–Kier alpha value is -0.730. The summed E-state index contributed by atoms with van der Waals surface area (Å²) in [6, 6.07) is 5.43. The lowest BCUT2D eigenvalue weighted by Crippen LogP contribution is -2.27. The fourth-order valence-electron chi connectivity index (χ4n) is 2.42. The molecule has 3 rings (SSSR count). The van der Waals surface area contributed by atoms with Gasteiger partial charge in [-0.25, -0.2) is 4.98 Å². The van der Waals surface area contributed by atoms with Crippen molar-refractivity contribution in [3.63, 3.8) is 0 Å². The van der Waals surface area contributed by atoms with Crippen molar-refractivity contribution in [2.45, 2.75) is 19.0 Å². The number of pyridine rings is 1. The number of aromatic nitrogens is 1. The lowest BCUT2D eigenvalue weighted by atomic mass is 10.2. The quantitative estimate of drug-likeness (QED) is 0.478. The molecule has 0 aliphatic rings. The fraction of sp³-hybridized carbons (Fsp3) is 0.312. The van der Waals surface area contributed by atoms with E-state index in [4.69, 9.17) is 38.1 Å². The molecule has 3 aromatic heterocycles. The molecule has 0 aromatic carbocycles. The molecular formula is C16H19Cl4N3O2S. The summed E-state index contributed by atoms with van der Waals surface area (Å²) < 4.78 is 11.4. The first-order chi connectivity index (χ1) is 11.6. The van der Waals surface area contributed by atoms with Crippen LogP contribution in [-0.4, -0.2) is 24.7 Å². The Labute approximate surface area is 178 Å². The van der Waals surface area contributed by atoms with E-state index in [9.17, 15) is 0 Å². The van der Waals surface area contributed by atoms with Crippen LogP contribution in [0, 0.1) is 0 Å². The molecule has 0 amide bonds. The lowest BCUT2D eigenvalue weighted by molar-refractivity contribution is 0.180. The molecule has 5 nitrogen and oxygen atoms in total. The van der Waals surface area contributed by atoms with Gasteiger partial charge >= 0.3 is 0 Å². The number of halogens is 4. The van der Waals surface area contributed by atoms with Crippen molar-refractivity contribution in [3.05, 3.63) is 45.3 Å². The van der Waals surface area contributed by atoms with Crippen molar-refractivity contribution in [1.29, 1.82) is 0 Å². The molecule has 3 N–H and O–H groups in total. The number of thiophene rings is 1. The monoisotopic (exact) mass is 457 g/mol. The van der Waals surface area contributed by atoms with Crippen LogP contribution in [0.3, 0.4) is 0 Å². The SMILES string of the molecule is COC[C@H](N)Cc1sc2c(NCc3ccco3)cc(Cl)nc2c1Cl.Cl.Cl. The minimum Gasteiger partial charge on any atom is -0.467 e. The molecule has 1 atom stereocenters. The van der Waals surface area contributed by atoms with E-state index in [-0.39, 0.29) is 30.9 Å². The molecule has 3 aromatic rings. The van der Waals surface area contributed by atoms with E-state index in [0.717, 1.165) is 21.0 Å². The number of ether oxygens (including phenoxy) is 1. The van der Waals surface area contributed by atoms with Crippen LogP contribution < -0.4 is 11.1 Å². The van der Waals surface area contributed by atoms with Gasteiger partial charge in [-0.05, 0) is 12.1 Å². The molecule has 0 unspecified atom stereocenters. The smallest absolute Gasteiger partial charge is 0.131 e. The van der Waals surface area contributed by atoms with E-state index in [1.165, 1.54) is 0 Å². The first-order valence-corrected chi connectivity index (χ1v) is 8.94. The molecule has 0 saturated carbocycles. The van der Waals surface area contributed by atoms with Crippen molar-refractivity contribution in [2.24, 2.45) is 5.73 Å². The topological polar surface area (TPSA) is 73.3 Å². The second kappa shape index (κ2) is 10.6. The largest absolute Gasteiger partial charge is 0.467 e. The van der Waals surface area contributed by atoms with E-state index in [1.807, 2.05) is 12.1 Å². The Morgan fingerprint density at radius 3 is 2.81 bits per heavy atom. The van der Waals surface area contributed by atoms with Crippen LogP contribution in [0.2, 0.25) is 10.2 Å². The summed E-state index contributed by atoms with van der Waals surface area (Å²) in [4.78, 5) is 5.34. The third kappa shape index (κ3) is 5.39. The van der Waals surface area contributed by atoms with Gasteiger partial charge in [0.25, 0.3) is 0 Å². The van der Waals surface area contributed by atoms with Gasteiger partial charge in [-0.1, -0.05) is 23.2 Å². The second-order valence-electron chi connectivity index (χ2n) is 5.36. The number of nitrogens with one attached hydrogen (secondary N) is 1. The van der Waals surface area contributed by atoms with Gasteiger partial charge in [-0.2, -0.15) is 0 Å². The maximum atomic E-state index is 6.49. The summed E-state index contributed by atoms with van der Waals surface area (Å²) in [7, 11) is 1.63. The Kier molecular flexibility index (Phi) is 9.47. The molecule has 0 spiro atoms. The van der Waals surface area contributed by atoms with E-state index in [0.29, 0.717) is 35.3 Å². The van der Waals surface area contributed by atoms with E-state index < -0.39 is 0 Å². The van der Waals surface area contributed by atoms with Gasteiger partial charge in [0.15, 0.2) is 0 Å². The number of hydrogen-bond donors (Lipinski definition) is 2. The average molecular weight is 459 g/mol. The first kappa shape index (κ1) is 23.3. The Balaban J connectivity index is 0.00000169. The molecule has 0 aliphatic heterocycles. The molecule has 144 valence electrons. The van der Waals surface area contributed by atoms with Crippen LogP contribution in [0.25, 0.3) is 10.2 Å². The highest BCUT2D eigenvalue weighted by Gasteiger charge is 2.18. The predicted molar refractivity (Wildman–Crippen MR) is 114 cm³/mol. The number of rotatable bonds is 7. The number of anilines is 1. The van der Waals surface area contributed by atoms with Gasteiger partial charge in [0, 0.05) is 30.5 Å². The highest BCUT2D eigenvalue weighted by molar-refractivity contribution is 7.20. The maximum absolute atomic E-state index is 6.49. The fourth-order valence-corrected chi connectivity index (χ4v) is 4.22. The number of hydrogen-bond acceptors (Lipinski definition) is 6. The molecule has 0 aliphatic carbocycles. The summed E-state index contributed by atoms with van der Waals surface area (Å²) in [6.07, 6.45) is 2.27. The molecule has 26 heavy (non-hydrogen) atoms. The number of nitrogens with zero attached hydrogens (tertiary/aromatic N) is 1. The Morgan fingerprint density at radius 2 is 2.15 bits per heavy atom. The van der Waals surface area contributed by atoms with Crippen LogP contribution >= 0.6 is 59.4 Å². The molecule has 0 fully saturated rings. The lowest BCUT2D eigenvalue weighted by Gasteiger charge is -2.08. The predicted octanol–water partition coefficient (Wildman–Crippen LogP) is 5.17. The van der Waals surface area contributed by atoms with Gasteiger partial charge in [0.1, 0.15) is 16.4 Å². The second-order valence-corrected chi connectivity index (χ2v) is 7.23. The summed E-state index contributed by atoms with van der Waals surface area (Å²) in [5, 5.41) is 4.32. The summed E-state index contributed by atoms with van der Waals surface area (Å²) in [5.41, 5.74) is 7.61.